The summed E-state index contributed by atoms with van der Waals surface area (Å²) in [5.74, 6) is -0.212. The van der Waals surface area contributed by atoms with E-state index < -0.39 is 59.0 Å². The van der Waals surface area contributed by atoms with Crippen molar-refractivity contribution in [1.82, 2.24) is 4.90 Å². The van der Waals surface area contributed by atoms with E-state index in [1.807, 2.05) is 0 Å². The van der Waals surface area contributed by atoms with Crippen LogP contribution in [0.5, 0.6) is 5.75 Å². The minimum Gasteiger partial charge on any atom is -0.493 e. The molecular weight excluding hydrogens is 530 g/mol. The molecule has 12 nitrogen and oxygen atoms in total. The molecule has 0 aromatic heterocycles. The van der Waals surface area contributed by atoms with Crippen LogP contribution in [0.25, 0.3) is 0 Å². The summed E-state index contributed by atoms with van der Waals surface area (Å²) in [6.45, 7) is 15.3. The summed E-state index contributed by atoms with van der Waals surface area (Å²) in [6.07, 6.45) is -2.35. The molecule has 0 bridgehead atoms. The first-order valence-electron chi connectivity index (χ1n) is 12.5. The van der Waals surface area contributed by atoms with Crippen LogP contribution in [-0.2, 0) is 24.8 Å². The number of imide groups is 1. The molecule has 13 heteroatoms. The van der Waals surface area contributed by atoms with Crippen LogP contribution in [0, 0.1) is 10.1 Å². The van der Waals surface area contributed by atoms with Gasteiger partial charge in [-0.05, 0) is 75.3 Å². The highest BCUT2D eigenvalue weighted by molar-refractivity contribution is 7.95. The lowest BCUT2D eigenvalue weighted by molar-refractivity contribution is -0.385. The maximum atomic E-state index is 14.5. The Morgan fingerprint density at radius 2 is 1.54 bits per heavy atom. The Kier molecular flexibility index (Phi) is 7.13. The first kappa shape index (κ1) is 30.3. The van der Waals surface area contributed by atoms with Crippen LogP contribution in [0.1, 0.15) is 81.2 Å². The number of carbonyl (C=O) groups excluding carboxylic acids is 2. The van der Waals surface area contributed by atoms with E-state index in [1.165, 1.54) is 45.9 Å². The zero-order chi connectivity index (χ0) is 30.0. The van der Waals surface area contributed by atoms with Gasteiger partial charge in [0, 0.05) is 24.1 Å². The van der Waals surface area contributed by atoms with Gasteiger partial charge in [0.2, 0.25) is 0 Å². The Morgan fingerprint density at radius 1 is 1.03 bits per heavy atom. The highest BCUT2D eigenvalue weighted by Gasteiger charge is 2.67. The van der Waals surface area contributed by atoms with Gasteiger partial charge in [-0.15, -0.1) is 0 Å². The molecule has 0 saturated carbocycles. The van der Waals surface area contributed by atoms with E-state index in [0.29, 0.717) is 4.90 Å². The fourth-order valence-corrected chi connectivity index (χ4v) is 7.34. The third kappa shape index (κ3) is 4.96. The summed E-state index contributed by atoms with van der Waals surface area (Å²) < 4.78 is 42.3. The Morgan fingerprint density at radius 3 is 2.00 bits per heavy atom. The molecule has 0 aliphatic carbocycles. The largest absolute Gasteiger partial charge is 0.493 e. The standard InChI is InChI=1S/C26H37N3O9S/c1-22(2,3)37-20(30)28(21(31)38-23(4,5)6)19-24(7,8)39(34,35)25(9)13-14-36-18-12-11-16(29(32)33)15-17(18)26(25,10)27-19/h11-12,15H,13-14H2,1-10H3/t25?,26-/m1/s1. The molecule has 2 aliphatic heterocycles. The van der Waals surface area contributed by atoms with E-state index in [2.05, 4.69) is 0 Å². The van der Waals surface area contributed by atoms with Crippen molar-refractivity contribution < 1.29 is 37.1 Å². The summed E-state index contributed by atoms with van der Waals surface area (Å²) in [5, 5.41) is 11.6. The number of ether oxygens (including phenoxy) is 3. The Hall–Kier alpha value is -3.22. The summed E-state index contributed by atoms with van der Waals surface area (Å²) in [5.41, 5.74) is -3.95. The average molecular weight is 568 g/mol. The van der Waals surface area contributed by atoms with Crippen molar-refractivity contribution in [2.24, 2.45) is 4.99 Å². The summed E-state index contributed by atoms with van der Waals surface area (Å²) >= 11 is 0. The number of rotatable bonds is 1. The molecule has 1 unspecified atom stereocenters. The van der Waals surface area contributed by atoms with Gasteiger partial charge in [-0.1, -0.05) is 0 Å². The van der Waals surface area contributed by atoms with Crippen LogP contribution in [-0.4, -0.2) is 63.6 Å². The lowest BCUT2D eigenvalue weighted by atomic mass is 9.78. The van der Waals surface area contributed by atoms with E-state index in [1.54, 1.807) is 41.5 Å². The number of carbonyl (C=O) groups is 2. The molecule has 3 rings (SSSR count). The van der Waals surface area contributed by atoms with Gasteiger partial charge in [-0.3, -0.25) is 15.1 Å². The molecule has 2 amide bonds. The molecular formula is C26H37N3O9S. The van der Waals surface area contributed by atoms with Crippen molar-refractivity contribution in [3.63, 3.8) is 0 Å². The Labute approximate surface area is 228 Å². The quantitative estimate of drug-likeness (QED) is 0.332. The number of non-ortho nitro benzene ring substituents is 1. The highest BCUT2D eigenvalue weighted by atomic mass is 32.2. The number of amides is 2. The smallest absolute Gasteiger partial charge is 0.425 e. The van der Waals surface area contributed by atoms with E-state index >= 15 is 0 Å². The van der Waals surface area contributed by atoms with Gasteiger partial charge in [-0.2, -0.15) is 4.90 Å². The Balaban J connectivity index is 2.43. The second-order valence-corrected chi connectivity index (χ2v) is 15.5. The topological polar surface area (TPSA) is 155 Å². The van der Waals surface area contributed by atoms with Crippen LogP contribution >= 0.6 is 0 Å². The van der Waals surface area contributed by atoms with Crippen LogP contribution < -0.4 is 4.74 Å². The molecule has 1 aromatic carbocycles. The van der Waals surface area contributed by atoms with Crippen LogP contribution in [0.15, 0.2) is 23.2 Å². The highest BCUT2D eigenvalue weighted by Crippen LogP contribution is 2.56. The number of benzene rings is 1. The summed E-state index contributed by atoms with van der Waals surface area (Å²) in [7, 11) is -4.31. The number of nitrogens with zero attached hydrogens (tertiary/aromatic N) is 3. The Bertz CT molecular complexity index is 1330. The summed E-state index contributed by atoms with van der Waals surface area (Å²) in [4.78, 5) is 43.4. The molecule has 0 spiro atoms. The first-order chi connectivity index (χ1) is 17.5. The van der Waals surface area contributed by atoms with Gasteiger partial charge in [0.05, 0.1) is 11.5 Å². The number of hydrogen-bond acceptors (Lipinski definition) is 10. The minimum atomic E-state index is -4.31. The lowest BCUT2D eigenvalue weighted by Crippen LogP contribution is -2.68. The van der Waals surface area contributed by atoms with Gasteiger partial charge in [-0.25, -0.2) is 18.0 Å². The number of aliphatic imine (C=N–C) groups is 1. The zero-order valence-electron chi connectivity index (χ0n) is 24.1. The minimum absolute atomic E-state index is 0.00108. The fourth-order valence-electron chi connectivity index (χ4n) is 4.81. The molecule has 39 heavy (non-hydrogen) atoms. The molecule has 0 N–H and O–H groups in total. The molecule has 1 aromatic rings. The van der Waals surface area contributed by atoms with E-state index in [4.69, 9.17) is 19.2 Å². The van der Waals surface area contributed by atoms with Gasteiger partial charge in [0.25, 0.3) is 5.69 Å². The molecule has 0 radical (unpaired) electrons. The number of hydrogen-bond donors (Lipinski definition) is 0. The average Bonchev–Trinajstić information content (AvgIpc) is 2.85. The van der Waals surface area contributed by atoms with Crippen molar-refractivity contribution in [3.05, 3.63) is 33.9 Å². The number of nitro benzene ring substituents is 1. The molecule has 216 valence electrons. The SMILES string of the molecule is CC(C)(C)OC(=O)N(C(=O)OC(C)(C)C)C1=N[C@]2(C)c3cc([N+](=O)[O-])ccc3OCCC2(C)S(=O)(=O)C1(C)C. The molecule has 2 atom stereocenters. The van der Waals surface area contributed by atoms with E-state index in [0.717, 1.165) is 0 Å². The number of fused-ring (bicyclic) bond motifs is 3. The van der Waals surface area contributed by atoms with Crippen molar-refractivity contribution in [1.29, 1.82) is 0 Å². The van der Waals surface area contributed by atoms with Gasteiger partial charge in [0.1, 0.15) is 37.8 Å². The second-order valence-electron chi connectivity index (χ2n) is 12.6. The normalized spacial score (nSPS) is 25.5. The zero-order valence-corrected chi connectivity index (χ0v) is 24.9. The van der Waals surface area contributed by atoms with Gasteiger partial charge < -0.3 is 14.2 Å². The molecule has 0 saturated heterocycles. The van der Waals surface area contributed by atoms with Crippen molar-refractivity contribution >= 4 is 33.5 Å². The van der Waals surface area contributed by atoms with Crippen molar-refractivity contribution in [2.45, 2.75) is 102 Å². The predicted octanol–water partition coefficient (Wildman–Crippen LogP) is 5.13. The first-order valence-corrected chi connectivity index (χ1v) is 14.0. The van der Waals surface area contributed by atoms with Gasteiger partial charge >= 0.3 is 12.2 Å². The maximum absolute atomic E-state index is 14.5. The number of nitro groups is 1. The fraction of sp³-hybridized carbons (Fsp3) is 0.654. The number of amidine groups is 1. The van der Waals surface area contributed by atoms with E-state index in [9.17, 15) is 28.1 Å². The predicted molar refractivity (Wildman–Crippen MR) is 144 cm³/mol. The van der Waals surface area contributed by atoms with E-state index in [-0.39, 0.29) is 30.0 Å². The monoisotopic (exact) mass is 567 g/mol. The third-order valence-corrected chi connectivity index (χ3v) is 10.4. The van der Waals surface area contributed by atoms with Crippen molar-refractivity contribution in [3.8, 4) is 5.75 Å². The lowest BCUT2D eigenvalue weighted by Gasteiger charge is -2.51. The van der Waals surface area contributed by atoms with Crippen molar-refractivity contribution in [2.75, 3.05) is 6.61 Å². The van der Waals surface area contributed by atoms with Crippen LogP contribution in [0.2, 0.25) is 0 Å². The van der Waals surface area contributed by atoms with Crippen LogP contribution in [0.3, 0.4) is 0 Å². The van der Waals surface area contributed by atoms with Crippen LogP contribution in [0.4, 0.5) is 15.3 Å². The van der Waals surface area contributed by atoms with Gasteiger partial charge in [0.15, 0.2) is 9.84 Å². The third-order valence-electron chi connectivity index (χ3n) is 7.06. The number of sulfone groups is 1. The molecule has 2 aliphatic rings. The molecule has 0 fully saturated rings. The maximum Gasteiger partial charge on any atom is 0.425 e. The summed E-state index contributed by atoms with van der Waals surface area (Å²) in [6, 6.07) is 3.87. The second kappa shape index (κ2) is 9.17. The molecule has 2 heterocycles.